The molecule has 2 N–H and O–H groups in total. The van der Waals surface area contributed by atoms with Gasteiger partial charge in [0.15, 0.2) is 5.65 Å². The summed E-state index contributed by atoms with van der Waals surface area (Å²) in [6, 6.07) is 1.87. The molecule has 0 saturated heterocycles. The summed E-state index contributed by atoms with van der Waals surface area (Å²) in [6.45, 7) is 1.74. The van der Waals surface area contributed by atoms with Gasteiger partial charge in [0, 0.05) is 11.8 Å². The minimum Gasteiger partial charge on any atom is -0.384 e. The zero-order chi connectivity index (χ0) is 9.97. The summed E-state index contributed by atoms with van der Waals surface area (Å²) in [5, 5.41) is 8.53. The van der Waals surface area contributed by atoms with Crippen molar-refractivity contribution in [3.8, 4) is 11.8 Å². The second kappa shape index (κ2) is 3.48. The summed E-state index contributed by atoms with van der Waals surface area (Å²) in [6.07, 6.45) is 1.64. The van der Waals surface area contributed by atoms with Gasteiger partial charge in [-0.2, -0.15) is 0 Å². The lowest BCUT2D eigenvalue weighted by molar-refractivity contribution is 0.350. The van der Waals surface area contributed by atoms with Crippen molar-refractivity contribution in [1.29, 1.82) is 0 Å². The van der Waals surface area contributed by atoms with Crippen LogP contribution in [0.25, 0.3) is 11.2 Å². The van der Waals surface area contributed by atoms with Gasteiger partial charge < -0.3 is 10.1 Å². The van der Waals surface area contributed by atoms with Crippen molar-refractivity contribution in [2.75, 3.05) is 6.61 Å². The van der Waals surface area contributed by atoms with E-state index in [-0.39, 0.29) is 6.61 Å². The van der Waals surface area contributed by atoms with E-state index < -0.39 is 0 Å². The van der Waals surface area contributed by atoms with Crippen LogP contribution in [0.4, 0.5) is 0 Å². The Morgan fingerprint density at radius 1 is 1.57 bits per heavy atom. The Morgan fingerprint density at radius 3 is 3.21 bits per heavy atom. The Labute approximate surface area is 81.0 Å². The third-order valence-electron chi connectivity index (χ3n) is 1.77. The maximum Gasteiger partial charge on any atom is 0.177 e. The molecule has 0 aliphatic carbocycles. The second-order valence-corrected chi connectivity index (χ2v) is 2.88. The first kappa shape index (κ1) is 8.73. The molecule has 14 heavy (non-hydrogen) atoms. The molecule has 0 fully saturated rings. The predicted octanol–water partition coefficient (Wildman–Crippen LogP) is 0.610. The molecule has 0 unspecified atom stereocenters. The molecule has 4 nitrogen and oxygen atoms in total. The SMILES string of the molecule is Cc1nc2ncc(C#CCO)cc2[nH]1. The molecule has 2 aromatic heterocycles. The second-order valence-electron chi connectivity index (χ2n) is 2.88. The fourth-order valence-electron chi connectivity index (χ4n) is 1.23. The number of aromatic amines is 1. The predicted molar refractivity (Wildman–Crippen MR) is 52.6 cm³/mol. The van der Waals surface area contributed by atoms with E-state index in [2.05, 4.69) is 26.8 Å². The van der Waals surface area contributed by atoms with Crippen molar-refractivity contribution in [3.05, 3.63) is 23.7 Å². The Balaban J connectivity index is 2.50. The molecule has 0 spiro atoms. The fraction of sp³-hybridized carbons (Fsp3) is 0.200. The lowest BCUT2D eigenvalue weighted by Crippen LogP contribution is -1.81. The van der Waals surface area contributed by atoms with Gasteiger partial charge in [0.2, 0.25) is 0 Å². The normalized spacial score (nSPS) is 9.86. The van der Waals surface area contributed by atoms with Crippen LogP contribution in [0.2, 0.25) is 0 Å². The average molecular weight is 187 g/mol. The van der Waals surface area contributed by atoms with Crippen LogP contribution >= 0.6 is 0 Å². The maximum absolute atomic E-state index is 8.53. The number of imidazole rings is 1. The molecule has 0 radical (unpaired) electrons. The van der Waals surface area contributed by atoms with E-state index >= 15 is 0 Å². The van der Waals surface area contributed by atoms with Crippen molar-refractivity contribution < 1.29 is 5.11 Å². The Hall–Kier alpha value is -1.86. The van der Waals surface area contributed by atoms with Gasteiger partial charge in [-0.15, -0.1) is 0 Å². The molecule has 70 valence electrons. The van der Waals surface area contributed by atoms with Gasteiger partial charge in [-0.05, 0) is 13.0 Å². The standard InChI is InChI=1S/C10H9N3O/c1-7-12-9-5-8(3-2-4-14)6-11-10(9)13-7/h5-6,14H,4H2,1H3,(H,11,12,13). The average Bonchev–Trinajstić information content (AvgIpc) is 2.54. The Bertz CT molecular complexity index is 519. The number of H-pyrrole nitrogens is 1. The first-order chi connectivity index (χ1) is 6.79. The topological polar surface area (TPSA) is 61.8 Å². The number of aliphatic hydroxyl groups excluding tert-OH is 1. The Kier molecular flexibility index (Phi) is 2.17. The highest BCUT2D eigenvalue weighted by atomic mass is 16.2. The molecule has 0 aliphatic rings. The molecular formula is C10H9N3O. The lowest BCUT2D eigenvalue weighted by atomic mass is 10.3. The summed E-state index contributed by atoms with van der Waals surface area (Å²) >= 11 is 0. The van der Waals surface area contributed by atoms with E-state index in [1.807, 2.05) is 13.0 Å². The van der Waals surface area contributed by atoms with Gasteiger partial charge in [-0.1, -0.05) is 11.8 Å². The number of hydrogen-bond donors (Lipinski definition) is 2. The van der Waals surface area contributed by atoms with E-state index in [1.54, 1.807) is 6.20 Å². The number of rotatable bonds is 0. The number of aromatic nitrogens is 3. The molecule has 0 atom stereocenters. The molecule has 0 bridgehead atoms. The van der Waals surface area contributed by atoms with Crippen LogP contribution in [0.3, 0.4) is 0 Å². The summed E-state index contributed by atoms with van der Waals surface area (Å²) < 4.78 is 0. The van der Waals surface area contributed by atoms with Gasteiger partial charge in [-0.25, -0.2) is 9.97 Å². The zero-order valence-corrected chi connectivity index (χ0v) is 7.70. The molecule has 0 saturated carbocycles. The molecule has 2 heterocycles. The van der Waals surface area contributed by atoms with Crippen molar-refractivity contribution in [1.82, 2.24) is 15.0 Å². The highest BCUT2D eigenvalue weighted by molar-refractivity contribution is 5.72. The number of aryl methyl sites for hydroxylation is 1. The Morgan fingerprint density at radius 2 is 2.43 bits per heavy atom. The fourth-order valence-corrected chi connectivity index (χ4v) is 1.23. The molecule has 2 aromatic rings. The van der Waals surface area contributed by atoms with Gasteiger partial charge in [-0.3, -0.25) is 0 Å². The number of hydrogen-bond acceptors (Lipinski definition) is 3. The first-order valence-corrected chi connectivity index (χ1v) is 4.21. The third kappa shape index (κ3) is 1.58. The van der Waals surface area contributed by atoms with E-state index in [1.165, 1.54) is 0 Å². The molecule has 4 heteroatoms. The van der Waals surface area contributed by atoms with Crippen molar-refractivity contribution >= 4 is 11.2 Å². The lowest BCUT2D eigenvalue weighted by Gasteiger charge is -1.88. The van der Waals surface area contributed by atoms with E-state index in [4.69, 9.17) is 5.11 Å². The highest BCUT2D eigenvalue weighted by Crippen LogP contribution is 2.09. The minimum absolute atomic E-state index is 0.139. The summed E-state index contributed by atoms with van der Waals surface area (Å²) in [7, 11) is 0. The number of aliphatic hydroxyl groups is 1. The zero-order valence-electron chi connectivity index (χ0n) is 7.70. The smallest absolute Gasteiger partial charge is 0.177 e. The van der Waals surface area contributed by atoms with Crippen LogP contribution in [-0.2, 0) is 0 Å². The minimum atomic E-state index is -0.139. The van der Waals surface area contributed by atoms with E-state index in [9.17, 15) is 0 Å². The monoisotopic (exact) mass is 187 g/mol. The highest BCUT2D eigenvalue weighted by Gasteiger charge is 1.99. The van der Waals surface area contributed by atoms with Gasteiger partial charge in [0.1, 0.15) is 12.4 Å². The van der Waals surface area contributed by atoms with Crippen LogP contribution in [0.15, 0.2) is 12.3 Å². The van der Waals surface area contributed by atoms with Crippen LogP contribution in [0, 0.1) is 18.8 Å². The van der Waals surface area contributed by atoms with Crippen LogP contribution in [0.1, 0.15) is 11.4 Å². The molecule has 2 rings (SSSR count). The maximum atomic E-state index is 8.53. The summed E-state index contributed by atoms with van der Waals surface area (Å²) in [4.78, 5) is 11.4. The van der Waals surface area contributed by atoms with Crippen LogP contribution in [0.5, 0.6) is 0 Å². The number of pyridine rings is 1. The third-order valence-corrected chi connectivity index (χ3v) is 1.77. The largest absolute Gasteiger partial charge is 0.384 e. The molecular weight excluding hydrogens is 178 g/mol. The van der Waals surface area contributed by atoms with Crippen molar-refractivity contribution in [2.24, 2.45) is 0 Å². The molecule has 0 aliphatic heterocycles. The number of fused-ring (bicyclic) bond motifs is 1. The number of nitrogens with one attached hydrogen (secondary N) is 1. The number of nitrogens with zero attached hydrogens (tertiary/aromatic N) is 2. The van der Waals surface area contributed by atoms with Gasteiger partial charge in [0.25, 0.3) is 0 Å². The van der Waals surface area contributed by atoms with Crippen LogP contribution in [-0.4, -0.2) is 26.7 Å². The van der Waals surface area contributed by atoms with Crippen molar-refractivity contribution in [3.63, 3.8) is 0 Å². The molecule has 0 amide bonds. The van der Waals surface area contributed by atoms with Crippen molar-refractivity contribution in [2.45, 2.75) is 6.92 Å². The van der Waals surface area contributed by atoms with Crippen LogP contribution < -0.4 is 0 Å². The first-order valence-electron chi connectivity index (χ1n) is 4.21. The van der Waals surface area contributed by atoms with E-state index in [0.29, 0.717) is 5.65 Å². The van der Waals surface area contributed by atoms with E-state index in [0.717, 1.165) is 16.9 Å². The van der Waals surface area contributed by atoms with Gasteiger partial charge in [0.05, 0.1) is 5.52 Å². The quantitative estimate of drug-likeness (QED) is 0.594. The summed E-state index contributed by atoms with van der Waals surface area (Å²) in [5.41, 5.74) is 2.33. The molecule has 0 aromatic carbocycles. The summed E-state index contributed by atoms with van der Waals surface area (Å²) in [5.74, 6) is 6.19. The van der Waals surface area contributed by atoms with Gasteiger partial charge >= 0.3 is 0 Å².